The van der Waals surface area contributed by atoms with Crippen molar-refractivity contribution >= 4 is 5.91 Å². The molecule has 29 heavy (non-hydrogen) atoms. The second kappa shape index (κ2) is 8.95. The molecule has 0 saturated carbocycles. The van der Waals surface area contributed by atoms with Crippen LogP contribution in [-0.4, -0.2) is 46.1 Å². The summed E-state index contributed by atoms with van der Waals surface area (Å²) in [7, 11) is 0. The van der Waals surface area contributed by atoms with Gasteiger partial charge in [0.1, 0.15) is 5.75 Å². The van der Waals surface area contributed by atoms with Crippen LogP contribution in [0, 0.1) is 18.8 Å². The van der Waals surface area contributed by atoms with Gasteiger partial charge in [-0.15, -0.1) is 0 Å². The van der Waals surface area contributed by atoms with Gasteiger partial charge >= 0.3 is 0 Å². The van der Waals surface area contributed by atoms with Gasteiger partial charge in [-0.3, -0.25) is 9.69 Å². The smallest absolute Gasteiger partial charge is 0.251 e. The number of rotatable bonds is 7. The Balaban J connectivity index is 1.51. The standard InChI is InChI=1S/C22H32N4O3/c1-15-10-16(2)12-26(11-15)22(4,5)14-23-21(27)18-6-8-19(9-7-18)28-13-20-24-17(3)29-25-20/h6-9,15-16H,10-14H2,1-5H3,(H,23,27). The molecule has 3 rings (SSSR count). The topological polar surface area (TPSA) is 80.5 Å². The molecule has 158 valence electrons. The number of hydrogen-bond donors (Lipinski definition) is 1. The number of carbonyl (C=O) groups is 1. The van der Waals surface area contributed by atoms with Crippen LogP contribution in [0.25, 0.3) is 0 Å². The van der Waals surface area contributed by atoms with Crippen molar-refractivity contribution in [2.75, 3.05) is 19.6 Å². The Morgan fingerprint density at radius 2 is 1.90 bits per heavy atom. The number of nitrogens with zero attached hydrogens (tertiary/aromatic N) is 3. The van der Waals surface area contributed by atoms with Gasteiger partial charge in [0.05, 0.1) is 0 Å². The minimum absolute atomic E-state index is 0.0727. The number of likely N-dealkylation sites (tertiary alicyclic amines) is 1. The van der Waals surface area contributed by atoms with E-state index in [1.165, 1.54) is 6.42 Å². The average Bonchev–Trinajstić information content (AvgIpc) is 3.09. The van der Waals surface area contributed by atoms with Gasteiger partial charge in [-0.2, -0.15) is 4.98 Å². The molecule has 1 aromatic carbocycles. The van der Waals surface area contributed by atoms with Crippen molar-refractivity contribution in [1.82, 2.24) is 20.4 Å². The molecular weight excluding hydrogens is 368 g/mol. The summed E-state index contributed by atoms with van der Waals surface area (Å²) in [5.74, 6) is 2.97. The van der Waals surface area contributed by atoms with Crippen LogP contribution in [0.1, 0.15) is 56.2 Å². The van der Waals surface area contributed by atoms with Crippen LogP contribution in [0.4, 0.5) is 0 Å². The molecule has 2 heterocycles. The first kappa shape index (κ1) is 21.3. The zero-order chi connectivity index (χ0) is 21.0. The first-order valence-corrected chi connectivity index (χ1v) is 10.3. The van der Waals surface area contributed by atoms with Gasteiger partial charge in [0, 0.05) is 37.7 Å². The van der Waals surface area contributed by atoms with E-state index in [2.05, 4.69) is 48.1 Å². The average molecular weight is 401 g/mol. The molecule has 0 bridgehead atoms. The highest BCUT2D eigenvalue weighted by Crippen LogP contribution is 2.27. The SMILES string of the molecule is Cc1nc(COc2ccc(C(=O)NCC(C)(C)N3CC(C)CC(C)C3)cc2)no1. The molecule has 2 unspecified atom stereocenters. The number of carbonyl (C=O) groups excluding carboxylic acids is 1. The largest absolute Gasteiger partial charge is 0.485 e. The summed E-state index contributed by atoms with van der Waals surface area (Å²) >= 11 is 0. The molecule has 0 spiro atoms. The lowest BCUT2D eigenvalue weighted by Gasteiger charge is -2.45. The molecule has 1 saturated heterocycles. The third kappa shape index (κ3) is 5.79. The normalized spacial score (nSPS) is 20.4. The second-order valence-corrected chi connectivity index (χ2v) is 8.89. The van der Waals surface area contributed by atoms with Crippen LogP contribution < -0.4 is 10.1 Å². The summed E-state index contributed by atoms with van der Waals surface area (Å²) in [5.41, 5.74) is 0.536. The first-order chi connectivity index (χ1) is 13.7. The van der Waals surface area contributed by atoms with Gasteiger partial charge < -0.3 is 14.6 Å². The number of hydrogen-bond acceptors (Lipinski definition) is 6. The van der Waals surface area contributed by atoms with E-state index in [4.69, 9.17) is 9.26 Å². The van der Waals surface area contributed by atoms with Crippen LogP contribution in [-0.2, 0) is 6.61 Å². The summed E-state index contributed by atoms with van der Waals surface area (Å²) < 4.78 is 10.5. The van der Waals surface area contributed by atoms with Crippen LogP contribution in [0.3, 0.4) is 0 Å². The molecule has 1 amide bonds. The van der Waals surface area contributed by atoms with E-state index in [0.717, 1.165) is 13.1 Å². The van der Waals surface area contributed by atoms with Gasteiger partial charge in [-0.25, -0.2) is 0 Å². The van der Waals surface area contributed by atoms with Crippen molar-refractivity contribution in [3.63, 3.8) is 0 Å². The van der Waals surface area contributed by atoms with Crippen LogP contribution in [0.15, 0.2) is 28.8 Å². The molecule has 0 aliphatic carbocycles. The molecule has 1 aliphatic heterocycles. The minimum atomic E-state index is -0.0790. The molecule has 0 radical (unpaired) electrons. The fourth-order valence-electron chi connectivity index (χ4n) is 3.92. The predicted molar refractivity (Wildman–Crippen MR) is 111 cm³/mol. The number of amides is 1. The van der Waals surface area contributed by atoms with Crippen molar-refractivity contribution in [2.24, 2.45) is 11.8 Å². The van der Waals surface area contributed by atoms with Crippen molar-refractivity contribution in [3.05, 3.63) is 41.5 Å². The number of aromatic nitrogens is 2. The van der Waals surface area contributed by atoms with Crippen LogP contribution >= 0.6 is 0 Å². The van der Waals surface area contributed by atoms with E-state index in [-0.39, 0.29) is 18.1 Å². The fourth-order valence-corrected chi connectivity index (χ4v) is 3.92. The van der Waals surface area contributed by atoms with E-state index in [9.17, 15) is 4.79 Å². The van der Waals surface area contributed by atoms with Gasteiger partial charge in [0.25, 0.3) is 5.91 Å². The first-order valence-electron chi connectivity index (χ1n) is 10.3. The fraction of sp³-hybridized carbons (Fsp3) is 0.591. The Bertz CT molecular complexity index is 806. The Hall–Kier alpha value is -2.41. The van der Waals surface area contributed by atoms with E-state index in [1.54, 1.807) is 31.2 Å². The Morgan fingerprint density at radius 1 is 1.24 bits per heavy atom. The highest BCUT2D eigenvalue weighted by atomic mass is 16.5. The van der Waals surface area contributed by atoms with Crippen LogP contribution in [0.5, 0.6) is 5.75 Å². The maximum atomic E-state index is 12.6. The molecule has 7 nitrogen and oxygen atoms in total. The zero-order valence-corrected chi connectivity index (χ0v) is 18.1. The number of benzene rings is 1. The van der Waals surface area contributed by atoms with E-state index >= 15 is 0 Å². The molecule has 7 heteroatoms. The van der Waals surface area contributed by atoms with Gasteiger partial charge in [0.2, 0.25) is 11.7 Å². The van der Waals surface area contributed by atoms with Gasteiger partial charge in [-0.05, 0) is 56.4 Å². The molecule has 1 fully saturated rings. The highest BCUT2D eigenvalue weighted by molar-refractivity contribution is 5.94. The van der Waals surface area contributed by atoms with Crippen molar-refractivity contribution in [1.29, 1.82) is 0 Å². The van der Waals surface area contributed by atoms with Gasteiger partial charge in [-0.1, -0.05) is 19.0 Å². The molecule has 1 N–H and O–H groups in total. The van der Waals surface area contributed by atoms with Crippen molar-refractivity contribution in [2.45, 2.75) is 53.2 Å². The summed E-state index contributed by atoms with van der Waals surface area (Å²) in [6, 6.07) is 7.09. The number of nitrogens with one attached hydrogen (secondary N) is 1. The van der Waals surface area contributed by atoms with E-state index < -0.39 is 0 Å². The third-order valence-electron chi connectivity index (χ3n) is 5.46. The maximum Gasteiger partial charge on any atom is 0.251 e. The monoisotopic (exact) mass is 400 g/mol. The predicted octanol–water partition coefficient (Wildman–Crippen LogP) is 3.44. The van der Waals surface area contributed by atoms with Crippen LogP contribution in [0.2, 0.25) is 0 Å². The molecule has 1 aliphatic rings. The van der Waals surface area contributed by atoms with Crippen molar-refractivity contribution < 1.29 is 14.1 Å². The van der Waals surface area contributed by atoms with Gasteiger partial charge in [0.15, 0.2) is 6.61 Å². The Labute approximate surface area is 172 Å². The molecule has 2 atom stereocenters. The van der Waals surface area contributed by atoms with E-state index in [1.807, 2.05) is 0 Å². The lowest BCUT2D eigenvalue weighted by molar-refractivity contribution is 0.0445. The number of aryl methyl sites for hydroxylation is 1. The summed E-state index contributed by atoms with van der Waals surface area (Å²) in [4.78, 5) is 19.2. The quantitative estimate of drug-likeness (QED) is 0.767. The summed E-state index contributed by atoms with van der Waals surface area (Å²) in [6.45, 7) is 13.8. The summed E-state index contributed by atoms with van der Waals surface area (Å²) in [6.07, 6.45) is 1.28. The maximum absolute atomic E-state index is 12.6. The zero-order valence-electron chi connectivity index (χ0n) is 18.1. The molecule has 1 aromatic heterocycles. The number of piperidine rings is 1. The summed E-state index contributed by atoms with van der Waals surface area (Å²) in [5, 5.41) is 6.88. The lowest BCUT2D eigenvalue weighted by atomic mass is 9.88. The van der Waals surface area contributed by atoms with E-state index in [0.29, 0.717) is 41.4 Å². The lowest BCUT2D eigenvalue weighted by Crippen LogP contribution is -2.56. The highest BCUT2D eigenvalue weighted by Gasteiger charge is 2.32. The minimum Gasteiger partial charge on any atom is -0.485 e. The molecular formula is C22H32N4O3. The number of ether oxygens (including phenoxy) is 1. The molecule has 2 aromatic rings. The third-order valence-corrected chi connectivity index (χ3v) is 5.46. The Morgan fingerprint density at radius 3 is 2.48 bits per heavy atom. The van der Waals surface area contributed by atoms with Crippen molar-refractivity contribution in [3.8, 4) is 5.75 Å². The second-order valence-electron chi connectivity index (χ2n) is 8.89. The Kier molecular flexibility index (Phi) is 6.57.